The number of benzene rings is 7. The number of hydrogen-bond acceptors (Lipinski definition) is 4. The first-order valence-electron chi connectivity index (χ1n) is 16.4. The molecule has 0 spiro atoms. The van der Waals surface area contributed by atoms with Crippen molar-refractivity contribution >= 4 is 95.6 Å². The highest BCUT2D eigenvalue weighted by molar-refractivity contribution is 7.27. The Hall–Kier alpha value is -5.88. The molecule has 11 aromatic rings. The van der Waals surface area contributed by atoms with Crippen molar-refractivity contribution in [1.82, 2.24) is 14.5 Å². The minimum absolute atomic E-state index is 0.670. The van der Waals surface area contributed by atoms with Gasteiger partial charge in [-0.2, -0.15) is 0 Å². The first-order chi connectivity index (χ1) is 24.3. The van der Waals surface area contributed by atoms with Crippen molar-refractivity contribution in [3.63, 3.8) is 0 Å². The maximum atomic E-state index is 5.36. The third kappa shape index (κ3) is 3.88. The van der Waals surface area contributed by atoms with Gasteiger partial charge in [0.15, 0.2) is 0 Å². The number of hydrogen-bond donors (Lipinski definition) is 0. The molecule has 0 atom stereocenters. The molecule has 0 amide bonds. The molecule has 4 heterocycles. The van der Waals surface area contributed by atoms with E-state index in [9.17, 15) is 0 Å². The summed E-state index contributed by atoms with van der Waals surface area (Å²) in [6.45, 7) is 0. The number of fused-ring (bicyclic) bond motifs is 14. The Bertz CT molecular complexity index is 3040. The zero-order chi connectivity index (χ0) is 32.1. The fourth-order valence-corrected chi connectivity index (χ4v) is 10.1. The molecule has 0 unspecified atom stereocenters. The summed E-state index contributed by atoms with van der Waals surface area (Å²) in [4.78, 5) is 10.7. The van der Waals surface area contributed by atoms with E-state index in [0.29, 0.717) is 5.95 Å². The number of para-hydroxylation sites is 1. The van der Waals surface area contributed by atoms with Crippen molar-refractivity contribution in [2.75, 3.05) is 0 Å². The Morgan fingerprint density at radius 2 is 0.980 bits per heavy atom. The third-order valence-corrected chi connectivity index (χ3v) is 12.1. The summed E-state index contributed by atoms with van der Waals surface area (Å²) in [5, 5.41) is 10.3. The molecule has 0 saturated heterocycles. The van der Waals surface area contributed by atoms with Gasteiger partial charge in [-0.15, -0.1) is 22.7 Å². The summed E-state index contributed by atoms with van der Waals surface area (Å²) < 4.78 is 7.55. The quantitative estimate of drug-likeness (QED) is 0.189. The van der Waals surface area contributed by atoms with Gasteiger partial charge in [0, 0.05) is 73.0 Å². The van der Waals surface area contributed by atoms with Crippen LogP contribution in [0.5, 0.6) is 0 Å². The molecular weight excluding hydrogens is 635 g/mol. The fraction of sp³-hybridized carbons (Fsp3) is 0. The van der Waals surface area contributed by atoms with E-state index in [-0.39, 0.29) is 0 Å². The van der Waals surface area contributed by atoms with E-state index in [1.807, 2.05) is 34.8 Å². The van der Waals surface area contributed by atoms with Crippen molar-refractivity contribution in [1.29, 1.82) is 0 Å². The summed E-state index contributed by atoms with van der Waals surface area (Å²) in [6.07, 6.45) is 0. The number of nitrogens with zero attached hydrogens (tertiary/aromatic N) is 3. The van der Waals surface area contributed by atoms with Crippen LogP contribution in [-0.4, -0.2) is 14.5 Å². The first kappa shape index (κ1) is 27.1. The molecule has 0 fully saturated rings. The van der Waals surface area contributed by atoms with E-state index in [1.54, 1.807) is 0 Å². The number of aromatic nitrogens is 3. The van der Waals surface area contributed by atoms with Crippen molar-refractivity contribution in [3.8, 4) is 28.5 Å². The SMILES string of the molecule is c1ccc(-c2cc(-c3ccccc3)nc(-n3c4ccccc4c4c5sc6ccccc6c5c5c(ccc6sc7ccccc7c65)c43)n2)cc1. The van der Waals surface area contributed by atoms with E-state index in [4.69, 9.17) is 9.97 Å². The van der Waals surface area contributed by atoms with Crippen LogP contribution in [0.2, 0.25) is 0 Å². The van der Waals surface area contributed by atoms with Gasteiger partial charge in [-0.1, -0.05) is 121 Å². The molecule has 49 heavy (non-hydrogen) atoms. The Morgan fingerprint density at radius 1 is 0.408 bits per heavy atom. The molecule has 0 N–H and O–H groups in total. The van der Waals surface area contributed by atoms with Crippen molar-refractivity contribution in [2.24, 2.45) is 0 Å². The van der Waals surface area contributed by atoms with Crippen LogP contribution in [0.1, 0.15) is 0 Å². The van der Waals surface area contributed by atoms with Crippen LogP contribution in [-0.2, 0) is 0 Å². The van der Waals surface area contributed by atoms with E-state index >= 15 is 0 Å². The molecule has 5 heteroatoms. The lowest BCUT2D eigenvalue weighted by Gasteiger charge is -2.13. The van der Waals surface area contributed by atoms with E-state index < -0.39 is 0 Å². The summed E-state index contributed by atoms with van der Waals surface area (Å²) in [7, 11) is 0. The van der Waals surface area contributed by atoms with Crippen LogP contribution < -0.4 is 0 Å². The average molecular weight is 660 g/mol. The fourth-order valence-electron chi connectivity index (χ4n) is 7.72. The molecule has 0 aliphatic rings. The van der Waals surface area contributed by atoms with E-state index in [0.717, 1.165) is 33.5 Å². The molecule has 0 saturated carbocycles. The lowest BCUT2D eigenvalue weighted by Crippen LogP contribution is -2.04. The van der Waals surface area contributed by atoms with Gasteiger partial charge >= 0.3 is 0 Å². The topological polar surface area (TPSA) is 30.7 Å². The highest BCUT2D eigenvalue weighted by Gasteiger charge is 2.25. The van der Waals surface area contributed by atoms with Crippen molar-refractivity contribution in [3.05, 3.63) is 152 Å². The van der Waals surface area contributed by atoms with Gasteiger partial charge < -0.3 is 0 Å². The molecule has 0 radical (unpaired) electrons. The second-order valence-corrected chi connectivity index (χ2v) is 14.6. The Morgan fingerprint density at radius 3 is 1.67 bits per heavy atom. The molecule has 0 aliphatic carbocycles. The Balaban J connectivity index is 1.39. The smallest absolute Gasteiger partial charge is 0.235 e. The summed E-state index contributed by atoms with van der Waals surface area (Å²) in [6, 6.07) is 54.2. The zero-order valence-electron chi connectivity index (χ0n) is 26.1. The minimum Gasteiger partial charge on any atom is -0.277 e. The van der Waals surface area contributed by atoms with Crippen LogP contribution in [0.15, 0.2) is 152 Å². The Labute approximate surface area is 289 Å². The van der Waals surface area contributed by atoms with Crippen molar-refractivity contribution in [2.45, 2.75) is 0 Å². The Kier molecular flexibility index (Phi) is 5.70. The lowest BCUT2D eigenvalue weighted by molar-refractivity contribution is 0.998. The highest BCUT2D eigenvalue weighted by Crippen LogP contribution is 2.51. The van der Waals surface area contributed by atoms with Crippen LogP contribution in [0.3, 0.4) is 0 Å². The van der Waals surface area contributed by atoms with Crippen molar-refractivity contribution < 1.29 is 0 Å². The van der Waals surface area contributed by atoms with Gasteiger partial charge in [0.2, 0.25) is 5.95 Å². The molecule has 228 valence electrons. The second-order valence-electron chi connectivity index (χ2n) is 12.5. The highest BCUT2D eigenvalue weighted by atomic mass is 32.1. The van der Waals surface area contributed by atoms with E-state index in [1.165, 1.54) is 61.9 Å². The minimum atomic E-state index is 0.670. The normalized spacial score (nSPS) is 12.1. The van der Waals surface area contributed by atoms with Gasteiger partial charge in [0.25, 0.3) is 0 Å². The predicted octanol–water partition coefficient (Wildman–Crippen LogP) is 12.8. The summed E-state index contributed by atoms with van der Waals surface area (Å²) in [5.74, 6) is 0.670. The van der Waals surface area contributed by atoms with Crippen LogP contribution in [0.25, 0.3) is 101 Å². The van der Waals surface area contributed by atoms with E-state index in [2.05, 4.69) is 144 Å². The number of thiophene rings is 2. The number of rotatable bonds is 3. The average Bonchev–Trinajstić information content (AvgIpc) is 3.85. The molecule has 0 aliphatic heterocycles. The van der Waals surface area contributed by atoms with Gasteiger partial charge in [0.1, 0.15) is 0 Å². The maximum Gasteiger partial charge on any atom is 0.235 e. The summed E-state index contributed by atoms with van der Waals surface area (Å²) >= 11 is 3.77. The molecule has 0 bridgehead atoms. The standard InChI is InChI=1S/C44H25N3S2/c1-3-13-26(14-4-1)32-25-33(27-15-5-2-6-16-27)46-44(45-32)47-34-20-10-7-17-28(34)41-42(47)31-23-24-37-38(29-18-8-11-21-35(29)48-37)39(31)40-30-19-9-12-22-36(30)49-43(40)41/h1-25H. The van der Waals surface area contributed by atoms with Gasteiger partial charge in [-0.05, 0) is 30.3 Å². The van der Waals surface area contributed by atoms with Gasteiger partial charge in [-0.3, -0.25) is 4.57 Å². The lowest BCUT2D eigenvalue weighted by atomic mass is 9.96. The monoisotopic (exact) mass is 659 g/mol. The van der Waals surface area contributed by atoms with Crippen LogP contribution >= 0.6 is 22.7 Å². The van der Waals surface area contributed by atoms with Gasteiger partial charge in [-0.25, -0.2) is 9.97 Å². The zero-order valence-corrected chi connectivity index (χ0v) is 27.7. The largest absolute Gasteiger partial charge is 0.277 e. The predicted molar refractivity (Wildman–Crippen MR) is 211 cm³/mol. The third-order valence-electron chi connectivity index (χ3n) is 9.80. The maximum absolute atomic E-state index is 5.36. The molecule has 3 nitrogen and oxygen atoms in total. The first-order valence-corrected chi connectivity index (χ1v) is 18.1. The second kappa shape index (κ2) is 10.3. The molecular formula is C44H25N3S2. The van der Waals surface area contributed by atoms with Gasteiger partial charge in [0.05, 0.1) is 22.4 Å². The molecule has 7 aromatic carbocycles. The molecule has 11 rings (SSSR count). The molecule has 4 aromatic heterocycles. The summed E-state index contributed by atoms with van der Waals surface area (Å²) in [5.41, 5.74) is 6.17. The van der Waals surface area contributed by atoms with Crippen LogP contribution in [0.4, 0.5) is 0 Å². The van der Waals surface area contributed by atoms with Crippen LogP contribution in [0, 0.1) is 0 Å².